The Morgan fingerprint density at radius 3 is 1.57 bits per heavy atom. The van der Waals surface area contributed by atoms with Crippen LogP contribution in [0.5, 0.6) is 0 Å². The van der Waals surface area contributed by atoms with E-state index in [2.05, 4.69) is 10.9 Å². The average molecular weight is 302 g/mol. The molecule has 0 fully saturated rings. The van der Waals surface area contributed by atoms with Crippen LogP contribution in [0.4, 0.5) is 0 Å². The summed E-state index contributed by atoms with van der Waals surface area (Å²) in [5.41, 5.74) is 8.76. The molecule has 0 aliphatic rings. The van der Waals surface area contributed by atoms with E-state index in [1.807, 2.05) is 78.9 Å². The number of nitrogens with one attached hydrogen (secondary N) is 2. The molecule has 0 radical (unpaired) electrons. The van der Waals surface area contributed by atoms with E-state index in [-0.39, 0.29) is 11.9 Å². The maximum atomic E-state index is 12.2. The molecule has 0 saturated heterocycles. The van der Waals surface area contributed by atoms with Crippen LogP contribution in [0.1, 0.15) is 27.5 Å². The van der Waals surface area contributed by atoms with Gasteiger partial charge < -0.3 is 0 Å². The van der Waals surface area contributed by atoms with E-state index >= 15 is 0 Å². The third kappa shape index (κ3) is 3.84. The van der Waals surface area contributed by atoms with Crippen molar-refractivity contribution in [2.45, 2.75) is 6.04 Å². The second-order valence-electron chi connectivity index (χ2n) is 5.22. The first-order valence-corrected chi connectivity index (χ1v) is 7.55. The van der Waals surface area contributed by atoms with E-state index in [4.69, 9.17) is 0 Å². The maximum Gasteiger partial charge on any atom is 0.265 e. The molecule has 1 amide bonds. The van der Waals surface area contributed by atoms with Crippen molar-refractivity contribution in [1.29, 1.82) is 0 Å². The van der Waals surface area contributed by atoms with Crippen LogP contribution in [-0.2, 0) is 0 Å². The quantitative estimate of drug-likeness (QED) is 0.705. The van der Waals surface area contributed by atoms with E-state index in [0.29, 0.717) is 5.56 Å². The molecule has 3 heteroatoms. The van der Waals surface area contributed by atoms with Crippen molar-refractivity contribution in [2.75, 3.05) is 0 Å². The summed E-state index contributed by atoms with van der Waals surface area (Å²) >= 11 is 0. The molecule has 0 aliphatic carbocycles. The minimum Gasteiger partial charge on any atom is -0.287 e. The van der Waals surface area contributed by atoms with E-state index in [9.17, 15) is 4.79 Å². The standard InChI is InChI=1S/C20H18N2O/c23-20(18-14-8-3-9-15-18)22-21-19(16-10-4-1-5-11-16)17-12-6-2-7-13-17/h1-15,19,21H,(H,22,23). The number of hydrogen-bond acceptors (Lipinski definition) is 2. The van der Waals surface area contributed by atoms with Gasteiger partial charge in [0.15, 0.2) is 0 Å². The molecule has 2 N–H and O–H groups in total. The van der Waals surface area contributed by atoms with Gasteiger partial charge in [-0.15, -0.1) is 0 Å². The number of carbonyl (C=O) groups excluding carboxylic acids is 1. The van der Waals surface area contributed by atoms with Crippen LogP contribution in [0.25, 0.3) is 0 Å². The molecular formula is C20H18N2O. The fourth-order valence-corrected chi connectivity index (χ4v) is 2.45. The lowest BCUT2D eigenvalue weighted by atomic mass is 9.99. The molecule has 0 bridgehead atoms. The van der Waals surface area contributed by atoms with Gasteiger partial charge in [-0.2, -0.15) is 0 Å². The second-order valence-corrected chi connectivity index (χ2v) is 5.22. The van der Waals surface area contributed by atoms with Crippen LogP contribution in [0.15, 0.2) is 91.0 Å². The summed E-state index contributed by atoms with van der Waals surface area (Å²) in [5, 5.41) is 0. The third-order valence-electron chi connectivity index (χ3n) is 3.63. The van der Waals surface area contributed by atoms with E-state index < -0.39 is 0 Å². The van der Waals surface area contributed by atoms with Gasteiger partial charge in [-0.3, -0.25) is 10.2 Å². The zero-order valence-corrected chi connectivity index (χ0v) is 12.6. The maximum absolute atomic E-state index is 12.2. The Hall–Kier alpha value is -2.91. The van der Waals surface area contributed by atoms with Gasteiger partial charge in [0.05, 0.1) is 6.04 Å². The van der Waals surface area contributed by atoms with Crippen molar-refractivity contribution in [3.63, 3.8) is 0 Å². The average Bonchev–Trinajstić information content (AvgIpc) is 2.64. The summed E-state index contributed by atoms with van der Waals surface area (Å²) in [4.78, 5) is 12.2. The first-order chi connectivity index (χ1) is 11.3. The molecule has 0 aromatic heterocycles. The highest BCUT2D eigenvalue weighted by Crippen LogP contribution is 2.20. The van der Waals surface area contributed by atoms with Gasteiger partial charge >= 0.3 is 0 Å². The molecule has 23 heavy (non-hydrogen) atoms. The predicted molar refractivity (Wildman–Crippen MR) is 91.8 cm³/mol. The minimum atomic E-state index is -0.150. The Morgan fingerprint density at radius 1 is 0.652 bits per heavy atom. The summed E-state index contributed by atoms with van der Waals surface area (Å²) in [7, 11) is 0. The summed E-state index contributed by atoms with van der Waals surface area (Å²) in [5.74, 6) is -0.150. The molecular weight excluding hydrogens is 284 g/mol. The lowest BCUT2D eigenvalue weighted by Gasteiger charge is -2.20. The summed E-state index contributed by atoms with van der Waals surface area (Å²) in [6, 6.07) is 29.1. The van der Waals surface area contributed by atoms with Gasteiger partial charge in [-0.1, -0.05) is 78.9 Å². The number of carbonyl (C=O) groups is 1. The Kier molecular flexibility index (Phi) is 4.82. The lowest BCUT2D eigenvalue weighted by Crippen LogP contribution is -2.40. The lowest BCUT2D eigenvalue weighted by molar-refractivity contribution is 0.0928. The Balaban J connectivity index is 1.79. The van der Waals surface area contributed by atoms with Crippen LogP contribution in [0.2, 0.25) is 0 Å². The summed E-state index contributed by atoms with van der Waals surface area (Å²) in [6.45, 7) is 0. The van der Waals surface area contributed by atoms with Crippen molar-refractivity contribution in [2.24, 2.45) is 0 Å². The van der Waals surface area contributed by atoms with Crippen LogP contribution >= 0.6 is 0 Å². The first-order valence-electron chi connectivity index (χ1n) is 7.55. The Labute approximate surface area is 136 Å². The van der Waals surface area contributed by atoms with E-state index in [1.165, 1.54) is 0 Å². The molecule has 0 saturated carbocycles. The fraction of sp³-hybridized carbons (Fsp3) is 0.0500. The number of hydrazine groups is 1. The molecule has 114 valence electrons. The topological polar surface area (TPSA) is 41.1 Å². The second kappa shape index (κ2) is 7.38. The summed E-state index contributed by atoms with van der Waals surface area (Å²) in [6.07, 6.45) is 0. The van der Waals surface area contributed by atoms with Crippen LogP contribution < -0.4 is 10.9 Å². The van der Waals surface area contributed by atoms with Gasteiger partial charge in [-0.05, 0) is 23.3 Å². The Bertz CT molecular complexity index is 703. The van der Waals surface area contributed by atoms with E-state index in [0.717, 1.165) is 11.1 Å². The van der Waals surface area contributed by atoms with Gasteiger partial charge in [0.25, 0.3) is 5.91 Å². The minimum absolute atomic E-state index is 0.106. The highest BCUT2D eigenvalue weighted by molar-refractivity contribution is 5.93. The van der Waals surface area contributed by atoms with Crippen LogP contribution in [0.3, 0.4) is 0 Å². The van der Waals surface area contributed by atoms with Crippen molar-refractivity contribution in [3.8, 4) is 0 Å². The van der Waals surface area contributed by atoms with Crippen molar-refractivity contribution < 1.29 is 4.79 Å². The Morgan fingerprint density at radius 2 is 1.09 bits per heavy atom. The van der Waals surface area contributed by atoms with E-state index in [1.54, 1.807) is 12.1 Å². The highest BCUT2D eigenvalue weighted by Gasteiger charge is 2.14. The third-order valence-corrected chi connectivity index (χ3v) is 3.63. The molecule has 0 aliphatic heterocycles. The molecule has 3 rings (SSSR count). The zero-order valence-electron chi connectivity index (χ0n) is 12.6. The smallest absolute Gasteiger partial charge is 0.265 e. The molecule has 3 aromatic carbocycles. The number of hydrogen-bond donors (Lipinski definition) is 2. The predicted octanol–water partition coefficient (Wildman–Crippen LogP) is 3.71. The number of amides is 1. The fourth-order valence-electron chi connectivity index (χ4n) is 2.45. The molecule has 3 nitrogen and oxygen atoms in total. The van der Waals surface area contributed by atoms with Crippen molar-refractivity contribution in [3.05, 3.63) is 108 Å². The van der Waals surface area contributed by atoms with Gasteiger partial charge in [0.2, 0.25) is 0 Å². The van der Waals surface area contributed by atoms with Crippen LogP contribution in [0, 0.1) is 0 Å². The SMILES string of the molecule is O=C(NNC(c1ccccc1)c1ccccc1)c1ccccc1. The first kappa shape index (κ1) is 15.0. The van der Waals surface area contributed by atoms with Crippen molar-refractivity contribution in [1.82, 2.24) is 10.9 Å². The highest BCUT2D eigenvalue weighted by atomic mass is 16.2. The molecule has 3 aromatic rings. The number of benzene rings is 3. The van der Waals surface area contributed by atoms with Gasteiger partial charge in [-0.25, -0.2) is 5.43 Å². The monoisotopic (exact) mass is 302 g/mol. The summed E-state index contributed by atoms with van der Waals surface area (Å²) < 4.78 is 0. The normalized spacial score (nSPS) is 10.5. The number of rotatable bonds is 5. The molecule has 0 heterocycles. The van der Waals surface area contributed by atoms with Gasteiger partial charge in [0, 0.05) is 5.56 Å². The molecule has 0 atom stereocenters. The molecule has 0 unspecified atom stereocenters. The largest absolute Gasteiger partial charge is 0.287 e. The molecule has 0 spiro atoms. The van der Waals surface area contributed by atoms with Crippen molar-refractivity contribution >= 4 is 5.91 Å². The zero-order chi connectivity index (χ0) is 15.9. The van der Waals surface area contributed by atoms with Gasteiger partial charge in [0.1, 0.15) is 0 Å². The van der Waals surface area contributed by atoms with Crippen LogP contribution in [-0.4, -0.2) is 5.91 Å².